The number of carbonyl (C=O) groups excluding carboxylic acids is 2. The van der Waals surface area contributed by atoms with Gasteiger partial charge < -0.3 is 5.32 Å². The normalized spacial score (nSPS) is 15.1. The molecule has 0 saturated heterocycles. The molecule has 1 aliphatic heterocycles. The molecule has 2 heterocycles. The van der Waals surface area contributed by atoms with Gasteiger partial charge in [-0.1, -0.05) is 29.8 Å². The van der Waals surface area contributed by atoms with Crippen molar-refractivity contribution in [1.29, 1.82) is 0 Å². The molecule has 0 fully saturated rings. The topological polar surface area (TPSA) is 67.2 Å². The van der Waals surface area contributed by atoms with Crippen LogP contribution in [-0.4, -0.2) is 27.6 Å². The highest BCUT2D eigenvalue weighted by Crippen LogP contribution is 2.25. The van der Waals surface area contributed by atoms with E-state index in [1.54, 1.807) is 17.7 Å². The fourth-order valence-corrected chi connectivity index (χ4v) is 3.05. The molecule has 24 heavy (non-hydrogen) atoms. The molecule has 2 amide bonds. The SMILES string of the molecule is Cc1cc2n(n1)CCC(=O)N2C(C)C(=O)NCc1ccccc1Cl. The minimum absolute atomic E-state index is 0.0669. The van der Waals surface area contributed by atoms with E-state index in [2.05, 4.69) is 10.4 Å². The maximum absolute atomic E-state index is 12.5. The van der Waals surface area contributed by atoms with E-state index in [-0.39, 0.29) is 11.8 Å². The number of rotatable bonds is 4. The number of halogens is 1. The van der Waals surface area contributed by atoms with Crippen LogP contribution in [0.15, 0.2) is 30.3 Å². The Morgan fingerprint density at radius 1 is 1.42 bits per heavy atom. The first-order chi connectivity index (χ1) is 11.5. The molecule has 1 aromatic carbocycles. The number of anilines is 1. The molecular weight excluding hydrogens is 328 g/mol. The highest BCUT2D eigenvalue weighted by Gasteiger charge is 2.32. The number of aryl methyl sites for hydroxylation is 2. The van der Waals surface area contributed by atoms with Gasteiger partial charge in [0.25, 0.3) is 0 Å². The van der Waals surface area contributed by atoms with E-state index in [4.69, 9.17) is 11.6 Å². The van der Waals surface area contributed by atoms with Gasteiger partial charge in [0, 0.05) is 24.1 Å². The van der Waals surface area contributed by atoms with Crippen LogP contribution in [0.1, 0.15) is 24.6 Å². The van der Waals surface area contributed by atoms with Gasteiger partial charge in [0.1, 0.15) is 11.9 Å². The molecule has 1 N–H and O–H groups in total. The van der Waals surface area contributed by atoms with Crippen LogP contribution < -0.4 is 10.2 Å². The summed E-state index contributed by atoms with van der Waals surface area (Å²) in [5.74, 6) is 0.377. The van der Waals surface area contributed by atoms with Gasteiger partial charge in [0.15, 0.2) is 0 Å². The number of amides is 2. The zero-order chi connectivity index (χ0) is 17.3. The maximum atomic E-state index is 12.5. The van der Waals surface area contributed by atoms with Crippen molar-refractivity contribution in [2.75, 3.05) is 4.90 Å². The predicted molar refractivity (Wildman–Crippen MR) is 91.8 cm³/mol. The fourth-order valence-electron chi connectivity index (χ4n) is 2.84. The summed E-state index contributed by atoms with van der Waals surface area (Å²) in [4.78, 5) is 26.4. The Labute approximate surface area is 145 Å². The minimum atomic E-state index is -0.616. The van der Waals surface area contributed by atoms with Gasteiger partial charge in [-0.15, -0.1) is 0 Å². The van der Waals surface area contributed by atoms with Crippen LogP contribution in [0.4, 0.5) is 5.82 Å². The number of hydrogen-bond acceptors (Lipinski definition) is 3. The van der Waals surface area contributed by atoms with E-state index >= 15 is 0 Å². The monoisotopic (exact) mass is 346 g/mol. The molecule has 2 aromatic rings. The van der Waals surface area contributed by atoms with Gasteiger partial charge >= 0.3 is 0 Å². The van der Waals surface area contributed by atoms with E-state index in [9.17, 15) is 9.59 Å². The van der Waals surface area contributed by atoms with Crippen molar-refractivity contribution in [3.05, 3.63) is 46.6 Å². The average Bonchev–Trinajstić information content (AvgIpc) is 2.93. The lowest BCUT2D eigenvalue weighted by Gasteiger charge is -2.31. The first-order valence-electron chi connectivity index (χ1n) is 7.85. The second kappa shape index (κ2) is 6.65. The fraction of sp³-hybridized carbons (Fsp3) is 0.353. The van der Waals surface area contributed by atoms with Crippen molar-refractivity contribution in [3.63, 3.8) is 0 Å². The number of fused-ring (bicyclic) bond motifs is 1. The Kier molecular flexibility index (Phi) is 4.57. The van der Waals surface area contributed by atoms with Gasteiger partial charge in [-0.05, 0) is 25.5 Å². The van der Waals surface area contributed by atoms with Crippen LogP contribution in [0.25, 0.3) is 0 Å². The van der Waals surface area contributed by atoms with E-state index in [1.165, 1.54) is 4.90 Å². The summed E-state index contributed by atoms with van der Waals surface area (Å²) in [5.41, 5.74) is 1.67. The Morgan fingerprint density at radius 3 is 2.92 bits per heavy atom. The molecule has 7 heteroatoms. The second-order valence-corrected chi connectivity index (χ2v) is 6.27. The van der Waals surface area contributed by atoms with Crippen molar-refractivity contribution < 1.29 is 9.59 Å². The summed E-state index contributed by atoms with van der Waals surface area (Å²) in [5, 5.41) is 7.81. The zero-order valence-electron chi connectivity index (χ0n) is 13.6. The third-order valence-electron chi connectivity index (χ3n) is 4.11. The molecule has 0 radical (unpaired) electrons. The summed E-state index contributed by atoms with van der Waals surface area (Å²) < 4.78 is 1.77. The molecule has 0 bridgehead atoms. The maximum Gasteiger partial charge on any atom is 0.243 e. The largest absolute Gasteiger partial charge is 0.350 e. The lowest BCUT2D eigenvalue weighted by molar-refractivity contribution is -0.126. The van der Waals surface area contributed by atoms with Gasteiger partial charge in [-0.25, -0.2) is 4.68 Å². The number of nitrogens with zero attached hydrogens (tertiary/aromatic N) is 3. The van der Waals surface area contributed by atoms with Gasteiger partial charge in [-0.3, -0.25) is 14.5 Å². The Balaban J connectivity index is 1.73. The highest BCUT2D eigenvalue weighted by molar-refractivity contribution is 6.31. The van der Waals surface area contributed by atoms with Gasteiger partial charge in [0.05, 0.1) is 12.2 Å². The standard InChI is InChI=1S/C17H19ClN4O2/c1-11-9-15-21(20-11)8-7-16(23)22(15)12(2)17(24)19-10-13-5-3-4-6-14(13)18/h3-6,9,12H,7-8,10H2,1-2H3,(H,19,24). The molecule has 1 aromatic heterocycles. The summed E-state index contributed by atoms with van der Waals surface area (Å²) >= 11 is 6.10. The minimum Gasteiger partial charge on any atom is -0.350 e. The molecule has 1 atom stereocenters. The Bertz CT molecular complexity index is 787. The first-order valence-corrected chi connectivity index (χ1v) is 8.23. The Morgan fingerprint density at radius 2 is 2.17 bits per heavy atom. The number of benzene rings is 1. The smallest absolute Gasteiger partial charge is 0.243 e. The third kappa shape index (κ3) is 3.14. The van der Waals surface area contributed by atoms with Crippen LogP contribution in [0, 0.1) is 6.92 Å². The summed E-state index contributed by atoms with van der Waals surface area (Å²) in [6, 6.07) is 8.56. The quantitative estimate of drug-likeness (QED) is 0.923. The number of hydrogen-bond donors (Lipinski definition) is 1. The first kappa shape index (κ1) is 16.5. The molecule has 0 saturated carbocycles. The predicted octanol–water partition coefficient (Wildman–Crippen LogP) is 2.29. The molecule has 1 aliphatic rings. The van der Waals surface area contributed by atoms with Crippen molar-refractivity contribution >= 4 is 29.2 Å². The Hall–Kier alpha value is -2.34. The van der Waals surface area contributed by atoms with Crippen molar-refractivity contribution in [3.8, 4) is 0 Å². The second-order valence-electron chi connectivity index (χ2n) is 5.87. The summed E-state index contributed by atoms with van der Waals surface area (Å²) in [7, 11) is 0. The van der Waals surface area contributed by atoms with E-state index in [0.717, 1.165) is 11.3 Å². The molecule has 126 valence electrons. The van der Waals surface area contributed by atoms with Crippen LogP contribution in [0.5, 0.6) is 0 Å². The van der Waals surface area contributed by atoms with Gasteiger partial charge in [0.2, 0.25) is 11.8 Å². The van der Waals surface area contributed by atoms with Crippen LogP contribution >= 0.6 is 11.6 Å². The molecule has 6 nitrogen and oxygen atoms in total. The zero-order valence-corrected chi connectivity index (χ0v) is 14.4. The third-order valence-corrected chi connectivity index (χ3v) is 4.48. The summed E-state index contributed by atoms with van der Waals surface area (Å²) in [6.45, 7) is 4.46. The average molecular weight is 347 g/mol. The van der Waals surface area contributed by atoms with Gasteiger partial charge in [-0.2, -0.15) is 5.10 Å². The molecule has 0 spiro atoms. The lowest BCUT2D eigenvalue weighted by Crippen LogP contribution is -2.50. The van der Waals surface area contributed by atoms with Crippen molar-refractivity contribution in [2.24, 2.45) is 0 Å². The lowest BCUT2D eigenvalue weighted by atomic mass is 10.2. The molecule has 1 unspecified atom stereocenters. The van der Waals surface area contributed by atoms with E-state index in [0.29, 0.717) is 30.4 Å². The summed E-state index contributed by atoms with van der Waals surface area (Å²) in [6.07, 6.45) is 0.344. The highest BCUT2D eigenvalue weighted by atomic mass is 35.5. The van der Waals surface area contributed by atoms with Crippen molar-refractivity contribution in [1.82, 2.24) is 15.1 Å². The van der Waals surface area contributed by atoms with Crippen LogP contribution in [-0.2, 0) is 22.7 Å². The molecule has 3 rings (SSSR count). The van der Waals surface area contributed by atoms with Crippen molar-refractivity contribution in [2.45, 2.75) is 39.4 Å². The molecule has 0 aliphatic carbocycles. The van der Waals surface area contributed by atoms with E-state index in [1.807, 2.05) is 31.2 Å². The van der Waals surface area contributed by atoms with E-state index < -0.39 is 6.04 Å². The van der Waals surface area contributed by atoms with Crippen LogP contribution in [0.2, 0.25) is 5.02 Å². The van der Waals surface area contributed by atoms with Crippen LogP contribution in [0.3, 0.4) is 0 Å². The number of aromatic nitrogens is 2. The molecular formula is C17H19ClN4O2. The number of nitrogens with one attached hydrogen (secondary N) is 1. The number of carbonyl (C=O) groups is 2.